The molecule has 4 bridgehead atoms. The zero-order chi connectivity index (χ0) is 46.3. The highest BCUT2D eigenvalue weighted by Gasteiger charge is 2.38. The SMILES string of the molecule is O=C(NCc1c(F)cc(F)cc1F)c1cn2c(c(O)c1=O)C(=O)N1CCC(O)CC[C@H]2C1.O=C(NCc1c(F)cc(F)cc1F)c1cn2c(c(O)c1=O)C(=O)N1CCC(O)CC[C@H]2C1. The van der Waals surface area contributed by atoms with Gasteiger partial charge >= 0.3 is 0 Å². The molecule has 0 aliphatic carbocycles. The Labute approximate surface area is 358 Å². The first-order valence-electron chi connectivity index (χ1n) is 20.1. The molecule has 4 aromatic rings. The molecular weight excluding hydrogens is 862 g/mol. The first-order chi connectivity index (χ1) is 30.3. The summed E-state index contributed by atoms with van der Waals surface area (Å²) in [5.41, 5.74) is -4.90. The predicted molar refractivity (Wildman–Crippen MR) is 209 cm³/mol. The van der Waals surface area contributed by atoms with Crippen molar-refractivity contribution in [1.29, 1.82) is 0 Å². The molecule has 2 aromatic heterocycles. The van der Waals surface area contributed by atoms with Crippen LogP contribution in [0.4, 0.5) is 26.3 Å². The third-order valence-corrected chi connectivity index (χ3v) is 11.7. The molecule has 8 rings (SSSR count). The number of aliphatic hydroxyl groups excluding tert-OH is 2. The molecule has 340 valence electrons. The number of fused-ring (bicyclic) bond motifs is 8. The van der Waals surface area contributed by atoms with E-state index in [9.17, 15) is 75.5 Å². The van der Waals surface area contributed by atoms with Gasteiger partial charge in [-0.05, 0) is 38.5 Å². The highest BCUT2D eigenvalue weighted by atomic mass is 19.2. The van der Waals surface area contributed by atoms with E-state index in [1.807, 2.05) is 0 Å². The molecule has 4 amide bonds. The Balaban J connectivity index is 0.000000191. The Morgan fingerprint density at radius 2 is 0.906 bits per heavy atom. The van der Waals surface area contributed by atoms with E-state index in [-0.39, 0.29) is 49.7 Å². The molecular formula is C42H40F6N6O10. The van der Waals surface area contributed by atoms with E-state index in [4.69, 9.17) is 0 Å². The van der Waals surface area contributed by atoms with Crippen LogP contribution in [0.15, 0.2) is 46.2 Å². The van der Waals surface area contributed by atoms with E-state index in [2.05, 4.69) is 10.6 Å². The molecule has 0 saturated carbocycles. The van der Waals surface area contributed by atoms with Crippen molar-refractivity contribution < 1.29 is 65.9 Å². The summed E-state index contributed by atoms with van der Waals surface area (Å²) in [6, 6.07) is 1.08. The number of aromatic nitrogens is 2. The number of aromatic hydroxyl groups is 2. The van der Waals surface area contributed by atoms with Gasteiger partial charge in [-0.2, -0.15) is 0 Å². The van der Waals surface area contributed by atoms with E-state index in [1.165, 1.54) is 18.9 Å². The van der Waals surface area contributed by atoms with Gasteiger partial charge in [-0.3, -0.25) is 28.8 Å². The molecule has 64 heavy (non-hydrogen) atoms. The second-order valence-corrected chi connectivity index (χ2v) is 15.9. The van der Waals surface area contributed by atoms with Crippen molar-refractivity contribution in [3.63, 3.8) is 0 Å². The minimum atomic E-state index is -1.20. The van der Waals surface area contributed by atoms with Crippen LogP contribution in [0.25, 0.3) is 0 Å². The van der Waals surface area contributed by atoms with Gasteiger partial charge in [-0.25, -0.2) is 26.3 Å². The molecule has 6 heterocycles. The van der Waals surface area contributed by atoms with E-state index < -0.39 is 128 Å². The van der Waals surface area contributed by atoms with Crippen LogP contribution < -0.4 is 21.5 Å². The number of hydrogen-bond donors (Lipinski definition) is 6. The number of hydrogen-bond acceptors (Lipinski definition) is 10. The van der Waals surface area contributed by atoms with Crippen LogP contribution >= 0.6 is 0 Å². The molecule has 22 heteroatoms. The molecule has 0 spiro atoms. The molecule has 16 nitrogen and oxygen atoms in total. The van der Waals surface area contributed by atoms with Gasteiger partial charge in [0.05, 0.1) is 24.3 Å². The number of halogens is 6. The summed E-state index contributed by atoms with van der Waals surface area (Å²) in [6.45, 7) is -0.230. The number of carbonyl (C=O) groups excluding carboxylic acids is 4. The topological polar surface area (TPSA) is 224 Å². The van der Waals surface area contributed by atoms with Crippen molar-refractivity contribution in [2.75, 3.05) is 26.2 Å². The highest BCUT2D eigenvalue weighted by Crippen LogP contribution is 2.33. The molecule has 4 aliphatic heterocycles. The Bertz CT molecular complexity index is 2470. The monoisotopic (exact) mass is 902 g/mol. The van der Waals surface area contributed by atoms with Crippen molar-refractivity contribution in [3.05, 3.63) is 126 Å². The quantitative estimate of drug-likeness (QED) is 0.155. The van der Waals surface area contributed by atoms with Crippen LogP contribution in [0.1, 0.15) is 103 Å². The minimum Gasteiger partial charge on any atom is -0.503 e. The Kier molecular flexibility index (Phi) is 12.9. The maximum absolute atomic E-state index is 13.8. The van der Waals surface area contributed by atoms with E-state index in [1.54, 1.807) is 0 Å². The Morgan fingerprint density at radius 3 is 1.25 bits per heavy atom. The van der Waals surface area contributed by atoms with Crippen LogP contribution in [0.5, 0.6) is 11.5 Å². The predicted octanol–water partition coefficient (Wildman–Crippen LogP) is 2.89. The summed E-state index contributed by atoms with van der Waals surface area (Å²) in [6.07, 6.45) is 3.56. The number of pyridine rings is 2. The average Bonchev–Trinajstić information content (AvgIpc) is 3.22. The van der Waals surface area contributed by atoms with Gasteiger partial charge in [0.15, 0.2) is 22.9 Å². The maximum atomic E-state index is 13.8. The molecule has 4 atom stereocenters. The standard InChI is InChI=1S/2C21H20F3N3O5/c2*22-10-5-15(23)13(16(24)6-10)7-25-20(31)14-9-27-11-1-2-12(28)3-4-26(8-11)21(32)17(27)19(30)18(14)29/h2*5-6,9,11-12,28,30H,1-4,7-8H2,(H,25,31)/t2*11-,12?/m00/s1. The van der Waals surface area contributed by atoms with Crippen LogP contribution in [0, 0.1) is 34.9 Å². The Hall–Kier alpha value is -6.68. The first-order valence-corrected chi connectivity index (χ1v) is 20.1. The van der Waals surface area contributed by atoms with Crippen molar-refractivity contribution in [2.45, 2.75) is 75.9 Å². The van der Waals surface area contributed by atoms with Gasteiger partial charge < -0.3 is 50.0 Å². The number of carbonyl (C=O) groups is 4. The summed E-state index contributed by atoms with van der Waals surface area (Å²) in [5.74, 6) is -12.0. The normalized spacial score (nSPS) is 20.4. The maximum Gasteiger partial charge on any atom is 0.274 e. The lowest BCUT2D eigenvalue weighted by Gasteiger charge is -2.39. The summed E-state index contributed by atoms with van der Waals surface area (Å²) in [5, 5.41) is 45.2. The molecule has 2 aromatic carbocycles. The fraction of sp³-hybridized carbons (Fsp3) is 0.381. The third-order valence-electron chi connectivity index (χ3n) is 11.7. The molecule has 2 saturated heterocycles. The number of aliphatic hydroxyl groups is 2. The number of amides is 4. The van der Waals surface area contributed by atoms with Gasteiger partial charge in [0.2, 0.25) is 10.9 Å². The summed E-state index contributed by atoms with van der Waals surface area (Å²) >= 11 is 0. The van der Waals surface area contributed by atoms with Crippen LogP contribution in [0.3, 0.4) is 0 Å². The largest absolute Gasteiger partial charge is 0.503 e. The van der Waals surface area contributed by atoms with Crippen LogP contribution in [-0.2, 0) is 13.1 Å². The zero-order valence-electron chi connectivity index (χ0n) is 33.6. The van der Waals surface area contributed by atoms with Gasteiger partial charge in [-0.1, -0.05) is 0 Å². The lowest BCUT2D eigenvalue weighted by Crippen LogP contribution is -2.47. The lowest BCUT2D eigenvalue weighted by molar-refractivity contribution is 0.0513. The number of benzene rings is 2. The smallest absolute Gasteiger partial charge is 0.274 e. The van der Waals surface area contributed by atoms with E-state index in [0.29, 0.717) is 62.8 Å². The van der Waals surface area contributed by atoms with Crippen molar-refractivity contribution in [1.82, 2.24) is 29.6 Å². The van der Waals surface area contributed by atoms with Gasteiger partial charge in [0, 0.05) is 87.1 Å². The fourth-order valence-electron chi connectivity index (χ4n) is 8.24. The summed E-state index contributed by atoms with van der Waals surface area (Å²) in [4.78, 5) is 78.9. The molecule has 0 radical (unpaired) electrons. The fourth-order valence-corrected chi connectivity index (χ4v) is 8.24. The summed E-state index contributed by atoms with van der Waals surface area (Å²) in [7, 11) is 0. The van der Waals surface area contributed by atoms with Gasteiger partial charge in [0.25, 0.3) is 23.6 Å². The highest BCUT2D eigenvalue weighted by molar-refractivity contribution is 6.00. The molecule has 4 aliphatic rings. The van der Waals surface area contributed by atoms with Gasteiger partial charge in [0.1, 0.15) is 46.0 Å². The lowest BCUT2D eigenvalue weighted by atomic mass is 9.98. The second kappa shape index (κ2) is 18.2. The van der Waals surface area contributed by atoms with E-state index in [0.717, 1.165) is 12.4 Å². The number of nitrogens with one attached hydrogen (secondary N) is 2. The minimum absolute atomic E-state index is 0.241. The molecule has 2 unspecified atom stereocenters. The second-order valence-electron chi connectivity index (χ2n) is 15.9. The summed E-state index contributed by atoms with van der Waals surface area (Å²) < 4.78 is 84.1. The van der Waals surface area contributed by atoms with Crippen LogP contribution in [0.2, 0.25) is 0 Å². The third kappa shape index (κ3) is 8.91. The van der Waals surface area contributed by atoms with E-state index >= 15 is 0 Å². The number of nitrogens with zero attached hydrogens (tertiary/aromatic N) is 4. The van der Waals surface area contributed by atoms with Crippen molar-refractivity contribution >= 4 is 23.6 Å². The van der Waals surface area contributed by atoms with Crippen molar-refractivity contribution in [3.8, 4) is 11.5 Å². The number of rotatable bonds is 6. The average molecular weight is 903 g/mol. The first kappa shape index (κ1) is 45.3. The Morgan fingerprint density at radius 1 is 0.562 bits per heavy atom. The zero-order valence-corrected chi connectivity index (χ0v) is 33.6. The molecule has 2 fully saturated rings. The van der Waals surface area contributed by atoms with Crippen molar-refractivity contribution in [2.24, 2.45) is 0 Å². The van der Waals surface area contributed by atoms with Gasteiger partial charge in [-0.15, -0.1) is 0 Å². The van der Waals surface area contributed by atoms with Crippen LogP contribution in [-0.4, -0.2) is 101 Å². The molecule has 6 N–H and O–H groups in total.